The highest BCUT2D eigenvalue weighted by Crippen LogP contribution is 2.47. The molecule has 2 heterocycles. The SMILES string of the molecule is O=C(CN1CCC2(CC1)CC(O)c1ccc3ccccc3c1O2)c1ccc(F)c(F)c1. The van der Waals surface area contributed by atoms with E-state index < -0.39 is 23.3 Å². The van der Waals surface area contributed by atoms with Crippen LogP contribution in [0.15, 0.2) is 54.6 Å². The minimum Gasteiger partial charge on any atom is -0.486 e. The van der Waals surface area contributed by atoms with E-state index in [2.05, 4.69) is 0 Å². The average molecular weight is 423 g/mol. The highest BCUT2D eigenvalue weighted by molar-refractivity contribution is 5.97. The van der Waals surface area contributed by atoms with Crippen molar-refractivity contribution >= 4 is 16.6 Å². The van der Waals surface area contributed by atoms with E-state index in [4.69, 9.17) is 4.74 Å². The van der Waals surface area contributed by atoms with Crippen molar-refractivity contribution in [2.45, 2.75) is 31.0 Å². The highest BCUT2D eigenvalue weighted by atomic mass is 19.2. The van der Waals surface area contributed by atoms with Crippen molar-refractivity contribution < 1.29 is 23.4 Å². The van der Waals surface area contributed by atoms with E-state index in [0.717, 1.165) is 34.2 Å². The van der Waals surface area contributed by atoms with Gasteiger partial charge in [0.05, 0.1) is 12.6 Å². The maximum atomic E-state index is 13.4. The number of rotatable bonds is 3. The van der Waals surface area contributed by atoms with Gasteiger partial charge in [-0.25, -0.2) is 8.78 Å². The van der Waals surface area contributed by atoms with E-state index >= 15 is 0 Å². The molecular weight excluding hydrogens is 400 g/mol. The molecule has 2 aliphatic rings. The molecule has 0 radical (unpaired) electrons. The van der Waals surface area contributed by atoms with Gasteiger partial charge in [0, 0.05) is 36.0 Å². The van der Waals surface area contributed by atoms with Gasteiger partial charge in [-0.05, 0) is 36.4 Å². The number of aliphatic hydroxyl groups excluding tert-OH is 1. The number of nitrogens with zero attached hydrogens (tertiary/aromatic N) is 1. The predicted molar refractivity (Wildman–Crippen MR) is 113 cm³/mol. The monoisotopic (exact) mass is 423 g/mol. The molecule has 0 aromatic heterocycles. The molecule has 2 aliphatic heterocycles. The molecule has 5 rings (SSSR count). The molecule has 0 amide bonds. The van der Waals surface area contributed by atoms with E-state index in [1.165, 1.54) is 6.07 Å². The molecule has 1 atom stereocenters. The summed E-state index contributed by atoms with van der Waals surface area (Å²) in [5.74, 6) is -1.46. The van der Waals surface area contributed by atoms with Gasteiger partial charge in [-0.2, -0.15) is 0 Å². The third-order valence-electron chi connectivity index (χ3n) is 6.53. The van der Waals surface area contributed by atoms with Crippen LogP contribution in [0, 0.1) is 11.6 Å². The summed E-state index contributed by atoms with van der Waals surface area (Å²) in [5, 5.41) is 12.9. The Morgan fingerprint density at radius 1 is 1.06 bits per heavy atom. The lowest BCUT2D eigenvalue weighted by Gasteiger charge is -2.46. The molecule has 3 aromatic carbocycles. The van der Waals surface area contributed by atoms with Crippen molar-refractivity contribution in [2.24, 2.45) is 0 Å². The molecule has 1 spiro atoms. The van der Waals surface area contributed by atoms with Crippen LogP contribution in [-0.4, -0.2) is 41.0 Å². The number of hydrogen-bond acceptors (Lipinski definition) is 4. The van der Waals surface area contributed by atoms with E-state index in [9.17, 15) is 18.7 Å². The molecule has 1 unspecified atom stereocenters. The van der Waals surface area contributed by atoms with Gasteiger partial charge in [-0.3, -0.25) is 9.69 Å². The third-order valence-corrected chi connectivity index (χ3v) is 6.53. The fourth-order valence-corrected chi connectivity index (χ4v) is 4.75. The maximum Gasteiger partial charge on any atom is 0.176 e. The molecule has 0 saturated carbocycles. The van der Waals surface area contributed by atoms with Crippen LogP contribution in [0.25, 0.3) is 10.8 Å². The molecule has 1 fully saturated rings. The van der Waals surface area contributed by atoms with Crippen LogP contribution in [-0.2, 0) is 0 Å². The van der Waals surface area contributed by atoms with Crippen molar-refractivity contribution in [1.29, 1.82) is 0 Å². The number of ether oxygens (including phenoxy) is 1. The second-order valence-electron chi connectivity index (χ2n) is 8.54. The maximum absolute atomic E-state index is 13.4. The second-order valence-corrected chi connectivity index (χ2v) is 8.54. The van der Waals surface area contributed by atoms with Crippen LogP contribution in [0.1, 0.15) is 41.3 Å². The molecule has 160 valence electrons. The zero-order valence-corrected chi connectivity index (χ0v) is 17.0. The molecule has 6 heteroatoms. The Morgan fingerprint density at radius 2 is 1.84 bits per heavy atom. The molecule has 1 N–H and O–H groups in total. The molecule has 31 heavy (non-hydrogen) atoms. The van der Waals surface area contributed by atoms with Crippen LogP contribution < -0.4 is 4.74 Å². The number of fused-ring (bicyclic) bond motifs is 3. The van der Waals surface area contributed by atoms with Gasteiger partial charge in [0.25, 0.3) is 0 Å². The van der Waals surface area contributed by atoms with E-state index in [1.807, 2.05) is 41.3 Å². The third kappa shape index (κ3) is 3.70. The Bertz CT molecular complexity index is 1150. The topological polar surface area (TPSA) is 49.8 Å². The van der Waals surface area contributed by atoms with Gasteiger partial charge in [0.2, 0.25) is 0 Å². The highest BCUT2D eigenvalue weighted by Gasteiger charge is 2.43. The van der Waals surface area contributed by atoms with Gasteiger partial charge in [-0.1, -0.05) is 36.4 Å². The molecule has 4 nitrogen and oxygen atoms in total. The zero-order chi connectivity index (χ0) is 21.6. The first-order valence-corrected chi connectivity index (χ1v) is 10.5. The Morgan fingerprint density at radius 3 is 2.61 bits per heavy atom. The number of hydrogen-bond donors (Lipinski definition) is 1. The molecule has 1 saturated heterocycles. The molecule has 0 bridgehead atoms. The van der Waals surface area contributed by atoms with Crippen molar-refractivity contribution in [3.8, 4) is 5.75 Å². The quantitative estimate of drug-likeness (QED) is 0.623. The van der Waals surface area contributed by atoms with Crippen LogP contribution in [0.4, 0.5) is 8.78 Å². The average Bonchev–Trinajstić information content (AvgIpc) is 2.77. The number of carbonyl (C=O) groups is 1. The standard InChI is InChI=1S/C25H23F2NO3/c26-20-8-6-17(13-21(20)27)23(30)15-28-11-9-25(10-12-28)14-22(29)19-7-5-16-3-1-2-4-18(16)24(19)31-25/h1-8,13,22,29H,9-12,14-15H2. The fourth-order valence-electron chi connectivity index (χ4n) is 4.75. The normalized spacial score (nSPS) is 20.4. The molecule has 3 aromatic rings. The lowest BCUT2D eigenvalue weighted by molar-refractivity contribution is -0.0516. The van der Waals surface area contributed by atoms with Gasteiger partial charge < -0.3 is 9.84 Å². The summed E-state index contributed by atoms with van der Waals surface area (Å²) in [6, 6.07) is 15.2. The van der Waals surface area contributed by atoms with Gasteiger partial charge >= 0.3 is 0 Å². The minimum atomic E-state index is -1.01. The fraction of sp³-hybridized carbons (Fsp3) is 0.320. The summed E-state index contributed by atoms with van der Waals surface area (Å²) >= 11 is 0. The first kappa shape index (κ1) is 20.1. The van der Waals surface area contributed by atoms with Gasteiger partial charge in [0.15, 0.2) is 17.4 Å². The minimum absolute atomic E-state index is 0.142. The van der Waals surface area contributed by atoms with Crippen molar-refractivity contribution in [3.63, 3.8) is 0 Å². The Hall–Kier alpha value is -2.83. The van der Waals surface area contributed by atoms with E-state index in [1.54, 1.807) is 0 Å². The smallest absolute Gasteiger partial charge is 0.176 e. The summed E-state index contributed by atoms with van der Waals surface area (Å²) < 4.78 is 33.1. The van der Waals surface area contributed by atoms with Crippen molar-refractivity contribution in [1.82, 2.24) is 4.90 Å². The number of carbonyl (C=O) groups excluding carboxylic acids is 1. The second kappa shape index (κ2) is 7.70. The summed E-state index contributed by atoms with van der Waals surface area (Å²) in [6.45, 7) is 1.40. The number of halogens is 2. The lowest BCUT2D eigenvalue weighted by Crippen LogP contribution is -2.51. The lowest BCUT2D eigenvalue weighted by atomic mass is 9.81. The summed E-state index contributed by atoms with van der Waals surface area (Å²) in [7, 11) is 0. The van der Waals surface area contributed by atoms with Crippen molar-refractivity contribution in [3.05, 3.63) is 77.4 Å². The predicted octanol–water partition coefficient (Wildman–Crippen LogP) is 4.65. The van der Waals surface area contributed by atoms with Gasteiger partial charge in [0.1, 0.15) is 11.4 Å². The Balaban J connectivity index is 1.30. The zero-order valence-electron chi connectivity index (χ0n) is 17.0. The van der Waals surface area contributed by atoms with E-state index in [0.29, 0.717) is 32.4 Å². The first-order chi connectivity index (χ1) is 14.9. The van der Waals surface area contributed by atoms with Crippen molar-refractivity contribution in [2.75, 3.05) is 19.6 Å². The number of aliphatic hydroxyl groups is 1. The molecule has 0 aliphatic carbocycles. The van der Waals surface area contributed by atoms with Crippen LogP contribution in [0.2, 0.25) is 0 Å². The van der Waals surface area contributed by atoms with Gasteiger partial charge in [-0.15, -0.1) is 0 Å². The molecular formula is C25H23F2NO3. The number of ketones is 1. The van der Waals surface area contributed by atoms with Crippen LogP contribution in [0.3, 0.4) is 0 Å². The largest absolute Gasteiger partial charge is 0.486 e. The number of Topliss-reactive ketones (excluding diaryl/α,β-unsaturated/α-hetero) is 1. The van der Waals surface area contributed by atoms with E-state index in [-0.39, 0.29) is 17.9 Å². The van der Waals surface area contributed by atoms with Crippen LogP contribution in [0.5, 0.6) is 5.75 Å². The summed E-state index contributed by atoms with van der Waals surface area (Å²) in [5.41, 5.74) is 0.516. The number of likely N-dealkylation sites (tertiary alicyclic amines) is 1. The Labute approximate surface area is 179 Å². The Kier molecular flexibility index (Phi) is 4.99. The number of benzene rings is 3. The van der Waals surface area contributed by atoms with Crippen LogP contribution >= 0.6 is 0 Å². The number of piperidine rings is 1. The summed E-state index contributed by atoms with van der Waals surface area (Å²) in [6.07, 6.45) is 1.28. The first-order valence-electron chi connectivity index (χ1n) is 10.5. The summed E-state index contributed by atoms with van der Waals surface area (Å²) in [4.78, 5) is 14.5.